The zero-order valence-electron chi connectivity index (χ0n) is 16.5. The number of carbonyl (C=O) groups is 1. The van der Waals surface area contributed by atoms with Crippen molar-refractivity contribution in [1.82, 2.24) is 14.8 Å². The number of nitrogens with zero attached hydrogens (tertiary/aromatic N) is 4. The maximum atomic E-state index is 12.7. The van der Waals surface area contributed by atoms with Crippen LogP contribution in [0.2, 0.25) is 0 Å². The summed E-state index contributed by atoms with van der Waals surface area (Å²) in [6, 6.07) is 16.3. The van der Waals surface area contributed by atoms with E-state index in [0.717, 1.165) is 51.5 Å². The molecule has 0 saturated carbocycles. The van der Waals surface area contributed by atoms with Gasteiger partial charge in [-0.2, -0.15) is 0 Å². The van der Waals surface area contributed by atoms with Crippen LogP contribution in [0, 0.1) is 0 Å². The van der Waals surface area contributed by atoms with Gasteiger partial charge in [0.1, 0.15) is 5.82 Å². The fourth-order valence-corrected chi connectivity index (χ4v) is 3.58. The topological polar surface area (TPSA) is 65.7 Å². The maximum absolute atomic E-state index is 12.7. The van der Waals surface area contributed by atoms with Crippen molar-refractivity contribution in [1.29, 1.82) is 0 Å². The molecule has 0 bridgehead atoms. The molecular weight excluding hydrogens is 350 g/mol. The van der Waals surface area contributed by atoms with Crippen molar-refractivity contribution in [2.45, 2.75) is 12.8 Å². The van der Waals surface area contributed by atoms with Crippen molar-refractivity contribution >= 4 is 11.7 Å². The molecule has 2 heterocycles. The number of nitrogens with two attached hydrogens (primary N) is 1. The molecule has 6 nitrogen and oxygen atoms in total. The van der Waals surface area contributed by atoms with E-state index in [2.05, 4.69) is 33.0 Å². The molecule has 1 aromatic heterocycles. The SMILES string of the molecule is NCCN(CCc1ccccc1)C(=O)CCN1CCN(c2ccccn2)CC1. The van der Waals surface area contributed by atoms with Crippen molar-refractivity contribution in [3.8, 4) is 0 Å². The summed E-state index contributed by atoms with van der Waals surface area (Å²) in [5.41, 5.74) is 6.98. The number of hydrogen-bond donors (Lipinski definition) is 1. The Labute approximate surface area is 167 Å². The third-order valence-electron chi connectivity index (χ3n) is 5.25. The van der Waals surface area contributed by atoms with E-state index in [1.165, 1.54) is 5.56 Å². The van der Waals surface area contributed by atoms with Gasteiger partial charge in [0.15, 0.2) is 0 Å². The van der Waals surface area contributed by atoms with Crippen LogP contribution in [0.1, 0.15) is 12.0 Å². The first-order valence-corrected chi connectivity index (χ1v) is 10.2. The molecule has 1 saturated heterocycles. The zero-order chi connectivity index (χ0) is 19.6. The molecule has 0 unspecified atom stereocenters. The fraction of sp³-hybridized carbons (Fsp3) is 0.455. The third-order valence-corrected chi connectivity index (χ3v) is 5.25. The van der Waals surface area contributed by atoms with E-state index in [-0.39, 0.29) is 5.91 Å². The van der Waals surface area contributed by atoms with Crippen molar-refractivity contribution < 1.29 is 4.79 Å². The van der Waals surface area contributed by atoms with E-state index >= 15 is 0 Å². The molecule has 150 valence electrons. The minimum absolute atomic E-state index is 0.202. The van der Waals surface area contributed by atoms with Gasteiger partial charge in [0.25, 0.3) is 0 Å². The zero-order valence-corrected chi connectivity index (χ0v) is 16.5. The summed E-state index contributed by atoms with van der Waals surface area (Å²) in [5, 5.41) is 0. The Hall–Kier alpha value is -2.44. The summed E-state index contributed by atoms with van der Waals surface area (Å²) >= 11 is 0. The lowest BCUT2D eigenvalue weighted by Crippen LogP contribution is -2.48. The molecule has 0 aliphatic carbocycles. The molecule has 1 amide bonds. The van der Waals surface area contributed by atoms with Crippen LogP contribution in [-0.4, -0.2) is 73.0 Å². The second-order valence-electron chi connectivity index (χ2n) is 7.17. The van der Waals surface area contributed by atoms with Crippen LogP contribution in [0.15, 0.2) is 54.7 Å². The Kier molecular flexibility index (Phi) is 7.82. The van der Waals surface area contributed by atoms with Crippen molar-refractivity contribution in [2.75, 3.05) is 57.3 Å². The number of pyridine rings is 1. The number of hydrogen-bond acceptors (Lipinski definition) is 5. The molecule has 2 aromatic rings. The number of amides is 1. The lowest BCUT2D eigenvalue weighted by atomic mass is 10.1. The number of aromatic nitrogens is 1. The van der Waals surface area contributed by atoms with Gasteiger partial charge < -0.3 is 15.5 Å². The Balaban J connectivity index is 1.41. The number of rotatable bonds is 9. The van der Waals surface area contributed by atoms with Gasteiger partial charge in [0.05, 0.1) is 0 Å². The highest BCUT2D eigenvalue weighted by molar-refractivity contribution is 5.76. The van der Waals surface area contributed by atoms with Crippen LogP contribution in [0.4, 0.5) is 5.82 Å². The number of piperazine rings is 1. The molecule has 28 heavy (non-hydrogen) atoms. The van der Waals surface area contributed by atoms with Crippen LogP contribution in [0.5, 0.6) is 0 Å². The van der Waals surface area contributed by atoms with Gasteiger partial charge in [0, 0.05) is 65.0 Å². The fourth-order valence-electron chi connectivity index (χ4n) is 3.58. The third kappa shape index (κ3) is 6.04. The smallest absolute Gasteiger partial charge is 0.223 e. The molecule has 6 heteroatoms. The standard InChI is InChI=1S/C22H31N5O/c23-11-15-27(14-9-20-6-2-1-3-7-20)22(28)10-13-25-16-18-26(19-17-25)21-8-4-5-12-24-21/h1-8,12H,9-11,13-19,23H2. The maximum Gasteiger partial charge on any atom is 0.223 e. The van der Waals surface area contributed by atoms with Crippen molar-refractivity contribution in [3.63, 3.8) is 0 Å². The highest BCUT2D eigenvalue weighted by Crippen LogP contribution is 2.13. The predicted octanol–water partition coefficient (Wildman–Crippen LogP) is 1.62. The second kappa shape index (κ2) is 10.8. The number of carbonyl (C=O) groups excluding carboxylic acids is 1. The quantitative estimate of drug-likeness (QED) is 0.715. The molecule has 0 radical (unpaired) electrons. The minimum atomic E-state index is 0.202. The van der Waals surface area contributed by atoms with Gasteiger partial charge in [-0.3, -0.25) is 9.69 Å². The monoisotopic (exact) mass is 381 g/mol. The minimum Gasteiger partial charge on any atom is -0.354 e. The Morgan fingerprint density at radius 3 is 2.43 bits per heavy atom. The largest absolute Gasteiger partial charge is 0.354 e. The summed E-state index contributed by atoms with van der Waals surface area (Å²) in [4.78, 5) is 23.7. The molecule has 0 atom stereocenters. The predicted molar refractivity (Wildman–Crippen MR) is 113 cm³/mol. The van der Waals surface area contributed by atoms with E-state index in [1.807, 2.05) is 41.4 Å². The van der Waals surface area contributed by atoms with Crippen LogP contribution in [0.25, 0.3) is 0 Å². The Bertz CT molecular complexity index is 701. The molecule has 1 aromatic carbocycles. The highest BCUT2D eigenvalue weighted by Gasteiger charge is 2.20. The van der Waals surface area contributed by atoms with Crippen molar-refractivity contribution in [3.05, 3.63) is 60.3 Å². The van der Waals surface area contributed by atoms with E-state index in [4.69, 9.17) is 5.73 Å². The first-order valence-electron chi connectivity index (χ1n) is 10.2. The van der Waals surface area contributed by atoms with E-state index < -0.39 is 0 Å². The summed E-state index contributed by atoms with van der Waals surface area (Å²) in [6.45, 7) is 6.49. The van der Waals surface area contributed by atoms with Crippen LogP contribution in [-0.2, 0) is 11.2 Å². The van der Waals surface area contributed by atoms with Gasteiger partial charge in [-0.25, -0.2) is 4.98 Å². The van der Waals surface area contributed by atoms with Crippen LogP contribution >= 0.6 is 0 Å². The average Bonchev–Trinajstić information content (AvgIpc) is 2.76. The molecule has 1 fully saturated rings. The van der Waals surface area contributed by atoms with Gasteiger partial charge in [-0.05, 0) is 24.1 Å². The molecule has 3 rings (SSSR count). The Morgan fingerprint density at radius 2 is 1.75 bits per heavy atom. The normalized spacial score (nSPS) is 14.8. The molecule has 2 N–H and O–H groups in total. The van der Waals surface area contributed by atoms with Crippen molar-refractivity contribution in [2.24, 2.45) is 5.73 Å². The number of benzene rings is 1. The highest BCUT2D eigenvalue weighted by atomic mass is 16.2. The van der Waals surface area contributed by atoms with E-state index in [9.17, 15) is 4.79 Å². The summed E-state index contributed by atoms with van der Waals surface area (Å²) in [5.74, 6) is 1.24. The lowest BCUT2D eigenvalue weighted by Gasteiger charge is -2.35. The average molecular weight is 382 g/mol. The molecular formula is C22H31N5O. The lowest BCUT2D eigenvalue weighted by molar-refractivity contribution is -0.131. The first-order chi connectivity index (χ1) is 13.8. The molecule has 1 aliphatic heterocycles. The number of anilines is 1. The summed E-state index contributed by atoms with van der Waals surface area (Å²) < 4.78 is 0. The van der Waals surface area contributed by atoms with Gasteiger partial charge in [-0.1, -0.05) is 36.4 Å². The summed E-state index contributed by atoms with van der Waals surface area (Å²) in [6.07, 6.45) is 3.26. The van der Waals surface area contributed by atoms with Gasteiger partial charge >= 0.3 is 0 Å². The van der Waals surface area contributed by atoms with Gasteiger partial charge in [-0.15, -0.1) is 0 Å². The van der Waals surface area contributed by atoms with E-state index in [0.29, 0.717) is 19.5 Å². The molecule has 1 aliphatic rings. The Morgan fingerprint density at radius 1 is 1.00 bits per heavy atom. The second-order valence-corrected chi connectivity index (χ2v) is 7.17. The molecule has 0 spiro atoms. The van der Waals surface area contributed by atoms with Crippen LogP contribution in [0.3, 0.4) is 0 Å². The van der Waals surface area contributed by atoms with Gasteiger partial charge in [0.2, 0.25) is 5.91 Å². The summed E-state index contributed by atoms with van der Waals surface area (Å²) in [7, 11) is 0. The van der Waals surface area contributed by atoms with E-state index in [1.54, 1.807) is 0 Å². The first kappa shape index (κ1) is 20.3. The van der Waals surface area contributed by atoms with Crippen LogP contribution < -0.4 is 10.6 Å².